The van der Waals surface area contributed by atoms with Crippen molar-refractivity contribution < 1.29 is 0 Å². The number of aromatic amines is 1. The highest BCUT2D eigenvalue weighted by Gasteiger charge is 2.02. The SMILES string of the molecule is CCc1cc2c(CN)cccc2[nH]1. The maximum Gasteiger partial charge on any atom is 0.0459 e. The fourth-order valence-electron chi connectivity index (χ4n) is 1.64. The molecule has 0 bridgehead atoms. The molecule has 2 nitrogen and oxygen atoms in total. The van der Waals surface area contributed by atoms with Crippen LogP contribution in [0.5, 0.6) is 0 Å². The number of nitrogens with one attached hydrogen (secondary N) is 1. The summed E-state index contributed by atoms with van der Waals surface area (Å²) < 4.78 is 0. The van der Waals surface area contributed by atoms with Gasteiger partial charge in [-0.25, -0.2) is 0 Å². The lowest BCUT2D eigenvalue weighted by atomic mass is 10.1. The molecule has 0 saturated carbocycles. The molecule has 2 heteroatoms. The number of hydrogen-bond donors (Lipinski definition) is 2. The summed E-state index contributed by atoms with van der Waals surface area (Å²) in [5.41, 5.74) is 9.34. The van der Waals surface area contributed by atoms with Crippen molar-refractivity contribution in [2.75, 3.05) is 0 Å². The number of H-pyrrole nitrogens is 1. The van der Waals surface area contributed by atoms with Gasteiger partial charge in [-0.3, -0.25) is 0 Å². The minimum atomic E-state index is 0.609. The van der Waals surface area contributed by atoms with Gasteiger partial charge in [-0.15, -0.1) is 0 Å². The molecular weight excluding hydrogens is 160 g/mol. The lowest BCUT2D eigenvalue weighted by Crippen LogP contribution is -1.95. The Morgan fingerprint density at radius 2 is 2.23 bits per heavy atom. The van der Waals surface area contributed by atoms with E-state index in [1.165, 1.54) is 22.2 Å². The first-order valence-corrected chi connectivity index (χ1v) is 4.64. The van der Waals surface area contributed by atoms with Crippen molar-refractivity contribution in [2.24, 2.45) is 5.73 Å². The third kappa shape index (κ3) is 1.33. The van der Waals surface area contributed by atoms with Gasteiger partial charge in [0.15, 0.2) is 0 Å². The molecule has 13 heavy (non-hydrogen) atoms. The minimum Gasteiger partial charge on any atom is -0.358 e. The summed E-state index contributed by atoms with van der Waals surface area (Å²) in [5, 5.41) is 1.27. The molecule has 0 aliphatic carbocycles. The Hall–Kier alpha value is -1.28. The van der Waals surface area contributed by atoms with Crippen molar-refractivity contribution in [1.29, 1.82) is 0 Å². The number of hydrogen-bond acceptors (Lipinski definition) is 1. The second-order valence-corrected chi connectivity index (χ2v) is 3.23. The van der Waals surface area contributed by atoms with Gasteiger partial charge in [0.05, 0.1) is 0 Å². The molecule has 1 aromatic heterocycles. The van der Waals surface area contributed by atoms with Crippen LogP contribution in [0.4, 0.5) is 0 Å². The molecule has 0 aliphatic heterocycles. The van der Waals surface area contributed by atoms with E-state index >= 15 is 0 Å². The van der Waals surface area contributed by atoms with Crippen LogP contribution in [-0.4, -0.2) is 4.98 Å². The van der Waals surface area contributed by atoms with E-state index in [2.05, 4.69) is 30.1 Å². The maximum atomic E-state index is 5.65. The first-order valence-electron chi connectivity index (χ1n) is 4.64. The highest BCUT2D eigenvalue weighted by molar-refractivity contribution is 5.83. The molecule has 1 heterocycles. The fourth-order valence-corrected chi connectivity index (χ4v) is 1.64. The van der Waals surface area contributed by atoms with Crippen molar-refractivity contribution in [3.8, 4) is 0 Å². The summed E-state index contributed by atoms with van der Waals surface area (Å²) in [5.74, 6) is 0. The number of aryl methyl sites for hydroxylation is 1. The number of rotatable bonds is 2. The fraction of sp³-hybridized carbons (Fsp3) is 0.273. The maximum absolute atomic E-state index is 5.65. The summed E-state index contributed by atoms with van der Waals surface area (Å²) in [6, 6.07) is 8.40. The van der Waals surface area contributed by atoms with Crippen LogP contribution in [0, 0.1) is 0 Å². The number of nitrogens with two attached hydrogens (primary N) is 1. The summed E-state index contributed by atoms with van der Waals surface area (Å²) in [4.78, 5) is 3.36. The Bertz CT molecular complexity index is 415. The topological polar surface area (TPSA) is 41.8 Å². The highest BCUT2D eigenvalue weighted by atomic mass is 14.7. The van der Waals surface area contributed by atoms with E-state index in [1.54, 1.807) is 0 Å². The lowest BCUT2D eigenvalue weighted by molar-refractivity contribution is 1.07. The molecule has 0 radical (unpaired) electrons. The summed E-state index contributed by atoms with van der Waals surface area (Å²) in [6.07, 6.45) is 1.04. The Kier molecular flexibility index (Phi) is 2.07. The van der Waals surface area contributed by atoms with Crippen molar-refractivity contribution in [3.63, 3.8) is 0 Å². The standard InChI is InChI=1S/C11H14N2/c1-2-9-6-10-8(7-12)4-3-5-11(10)13-9/h3-6,13H,2,7,12H2,1H3. The molecule has 3 N–H and O–H groups in total. The number of fused-ring (bicyclic) bond motifs is 1. The van der Waals surface area contributed by atoms with Gasteiger partial charge in [-0.2, -0.15) is 0 Å². The molecule has 68 valence electrons. The average Bonchev–Trinajstić information content (AvgIpc) is 2.59. The zero-order valence-corrected chi connectivity index (χ0v) is 7.80. The molecule has 0 spiro atoms. The Morgan fingerprint density at radius 1 is 1.38 bits per heavy atom. The molecule has 0 atom stereocenters. The van der Waals surface area contributed by atoms with Crippen LogP contribution in [0.25, 0.3) is 10.9 Å². The van der Waals surface area contributed by atoms with Crippen molar-refractivity contribution >= 4 is 10.9 Å². The highest BCUT2D eigenvalue weighted by Crippen LogP contribution is 2.19. The van der Waals surface area contributed by atoms with Gasteiger partial charge >= 0.3 is 0 Å². The second-order valence-electron chi connectivity index (χ2n) is 3.23. The van der Waals surface area contributed by atoms with Gasteiger partial charge in [0, 0.05) is 23.1 Å². The quantitative estimate of drug-likeness (QED) is 0.720. The van der Waals surface area contributed by atoms with Crippen LogP contribution in [0.1, 0.15) is 18.2 Å². The zero-order chi connectivity index (χ0) is 9.26. The molecule has 0 aliphatic rings. The van der Waals surface area contributed by atoms with E-state index in [4.69, 9.17) is 5.73 Å². The van der Waals surface area contributed by atoms with Crippen LogP contribution in [0.3, 0.4) is 0 Å². The van der Waals surface area contributed by atoms with Crippen LogP contribution in [0.2, 0.25) is 0 Å². The largest absolute Gasteiger partial charge is 0.358 e. The second kappa shape index (κ2) is 3.23. The van der Waals surface area contributed by atoms with Gasteiger partial charge in [0.25, 0.3) is 0 Å². The summed E-state index contributed by atoms with van der Waals surface area (Å²) in [6.45, 7) is 2.76. The Balaban J connectivity index is 2.67. The average molecular weight is 174 g/mol. The van der Waals surface area contributed by atoms with E-state index < -0.39 is 0 Å². The number of aromatic nitrogens is 1. The Morgan fingerprint density at radius 3 is 2.92 bits per heavy atom. The van der Waals surface area contributed by atoms with Crippen LogP contribution in [-0.2, 0) is 13.0 Å². The first kappa shape index (κ1) is 8.32. The molecule has 0 fully saturated rings. The molecule has 2 rings (SSSR count). The molecular formula is C11H14N2. The summed E-state index contributed by atoms with van der Waals surface area (Å²) >= 11 is 0. The molecule has 0 amide bonds. The van der Waals surface area contributed by atoms with Gasteiger partial charge in [-0.05, 0) is 24.1 Å². The lowest BCUT2D eigenvalue weighted by Gasteiger charge is -1.96. The van der Waals surface area contributed by atoms with Crippen LogP contribution in [0.15, 0.2) is 24.3 Å². The molecule has 0 saturated heterocycles. The minimum absolute atomic E-state index is 0.609. The van der Waals surface area contributed by atoms with E-state index in [0.29, 0.717) is 6.54 Å². The zero-order valence-electron chi connectivity index (χ0n) is 7.80. The third-order valence-corrected chi connectivity index (χ3v) is 2.41. The van der Waals surface area contributed by atoms with Gasteiger partial charge in [-0.1, -0.05) is 19.1 Å². The Labute approximate surface area is 77.8 Å². The molecule has 0 unspecified atom stereocenters. The first-order chi connectivity index (χ1) is 6.35. The molecule has 2 aromatic rings. The predicted molar refractivity (Wildman–Crippen MR) is 55.6 cm³/mol. The van der Waals surface area contributed by atoms with Gasteiger partial charge in [0.1, 0.15) is 0 Å². The normalized spacial score (nSPS) is 10.9. The van der Waals surface area contributed by atoms with E-state index in [9.17, 15) is 0 Å². The van der Waals surface area contributed by atoms with Crippen molar-refractivity contribution in [3.05, 3.63) is 35.5 Å². The van der Waals surface area contributed by atoms with Crippen molar-refractivity contribution in [2.45, 2.75) is 19.9 Å². The molecule has 1 aromatic carbocycles. The third-order valence-electron chi connectivity index (χ3n) is 2.41. The van der Waals surface area contributed by atoms with Crippen molar-refractivity contribution in [1.82, 2.24) is 4.98 Å². The monoisotopic (exact) mass is 174 g/mol. The summed E-state index contributed by atoms with van der Waals surface area (Å²) in [7, 11) is 0. The van der Waals surface area contributed by atoms with Crippen LogP contribution >= 0.6 is 0 Å². The van der Waals surface area contributed by atoms with Gasteiger partial charge in [0.2, 0.25) is 0 Å². The van der Waals surface area contributed by atoms with Gasteiger partial charge < -0.3 is 10.7 Å². The van der Waals surface area contributed by atoms with Crippen LogP contribution < -0.4 is 5.73 Å². The van der Waals surface area contributed by atoms with E-state index in [-0.39, 0.29) is 0 Å². The van der Waals surface area contributed by atoms with E-state index in [0.717, 1.165) is 6.42 Å². The van der Waals surface area contributed by atoms with E-state index in [1.807, 2.05) is 6.07 Å². The number of benzene rings is 1. The predicted octanol–water partition coefficient (Wildman–Crippen LogP) is 2.19. The smallest absolute Gasteiger partial charge is 0.0459 e.